The summed E-state index contributed by atoms with van der Waals surface area (Å²) in [5.41, 5.74) is 2.77. The van der Waals surface area contributed by atoms with Crippen LogP contribution in [0.5, 0.6) is 0 Å². The summed E-state index contributed by atoms with van der Waals surface area (Å²) in [5, 5.41) is 5.19. The zero-order valence-corrected chi connectivity index (χ0v) is 9.59. The van der Waals surface area contributed by atoms with Crippen molar-refractivity contribution >= 4 is 17.2 Å². The molecule has 2 heterocycles. The van der Waals surface area contributed by atoms with Crippen LogP contribution in [0.25, 0.3) is 0 Å². The van der Waals surface area contributed by atoms with E-state index in [-0.39, 0.29) is 11.8 Å². The Morgan fingerprint density at radius 1 is 1.80 bits per heavy atom. The lowest BCUT2D eigenvalue weighted by atomic mass is 10.1. The number of amides is 1. The number of rotatable bonds is 3. The molecule has 0 aliphatic carbocycles. The molecule has 1 aromatic rings. The van der Waals surface area contributed by atoms with Gasteiger partial charge in [-0.25, -0.2) is 4.98 Å². The van der Waals surface area contributed by atoms with Gasteiger partial charge in [0.15, 0.2) is 0 Å². The van der Waals surface area contributed by atoms with E-state index in [0.29, 0.717) is 6.54 Å². The number of nitrogens with one attached hydrogen (secondary N) is 1. The van der Waals surface area contributed by atoms with Crippen molar-refractivity contribution in [3.63, 3.8) is 0 Å². The molecule has 1 aliphatic rings. The Hall–Kier alpha value is -0.940. The lowest BCUT2D eigenvalue weighted by molar-refractivity contribution is -0.134. The van der Waals surface area contributed by atoms with Gasteiger partial charge in [0.25, 0.3) is 0 Å². The highest BCUT2D eigenvalue weighted by atomic mass is 32.1. The summed E-state index contributed by atoms with van der Waals surface area (Å²) in [6, 6.07) is 0. The minimum Gasteiger partial charge on any atom is -0.340 e. The van der Waals surface area contributed by atoms with Gasteiger partial charge in [-0.3, -0.25) is 4.79 Å². The van der Waals surface area contributed by atoms with Crippen molar-refractivity contribution in [2.45, 2.75) is 13.0 Å². The molecule has 82 valence electrons. The number of carbonyl (C=O) groups is 1. The number of thiazole rings is 1. The van der Waals surface area contributed by atoms with E-state index in [1.165, 1.54) is 0 Å². The molecular weight excluding hydrogens is 210 g/mol. The van der Waals surface area contributed by atoms with Gasteiger partial charge in [-0.1, -0.05) is 0 Å². The summed E-state index contributed by atoms with van der Waals surface area (Å²) in [5.74, 6) is 0.390. The quantitative estimate of drug-likeness (QED) is 0.824. The predicted molar refractivity (Wildman–Crippen MR) is 59.6 cm³/mol. The molecule has 1 saturated heterocycles. The summed E-state index contributed by atoms with van der Waals surface area (Å²) >= 11 is 1.56. The molecule has 0 radical (unpaired) electrons. The predicted octanol–water partition coefficient (Wildman–Crippen LogP) is 0.711. The zero-order valence-electron chi connectivity index (χ0n) is 8.77. The molecule has 1 fully saturated rings. The highest BCUT2D eigenvalue weighted by Gasteiger charge is 2.25. The lowest BCUT2D eigenvalue weighted by Crippen LogP contribution is -2.33. The Labute approximate surface area is 93.3 Å². The molecule has 15 heavy (non-hydrogen) atoms. The number of hydrogen-bond donors (Lipinski definition) is 1. The van der Waals surface area contributed by atoms with Gasteiger partial charge in [0.2, 0.25) is 5.91 Å². The Bertz CT molecular complexity index is 319. The average Bonchev–Trinajstić information content (AvgIpc) is 2.88. The summed E-state index contributed by atoms with van der Waals surface area (Å²) in [6.07, 6.45) is 0.959. The molecule has 2 rings (SSSR count). The van der Waals surface area contributed by atoms with Crippen LogP contribution in [0.1, 0.15) is 12.1 Å². The van der Waals surface area contributed by atoms with Crippen LogP contribution in [-0.2, 0) is 11.3 Å². The van der Waals surface area contributed by atoms with Crippen molar-refractivity contribution in [2.75, 3.05) is 20.1 Å². The number of aromatic nitrogens is 1. The fourth-order valence-electron chi connectivity index (χ4n) is 1.81. The van der Waals surface area contributed by atoms with Gasteiger partial charge in [0.1, 0.15) is 0 Å². The maximum Gasteiger partial charge on any atom is 0.227 e. The third-order valence-corrected chi connectivity index (χ3v) is 3.30. The van der Waals surface area contributed by atoms with Crippen molar-refractivity contribution in [2.24, 2.45) is 5.92 Å². The summed E-state index contributed by atoms with van der Waals surface area (Å²) < 4.78 is 0. The molecule has 1 N–H and O–H groups in total. The zero-order chi connectivity index (χ0) is 10.7. The molecule has 1 amide bonds. The highest BCUT2D eigenvalue weighted by Crippen LogP contribution is 2.13. The number of hydrogen-bond acceptors (Lipinski definition) is 4. The van der Waals surface area contributed by atoms with Crippen LogP contribution in [0.15, 0.2) is 10.9 Å². The van der Waals surface area contributed by atoms with Crippen LogP contribution >= 0.6 is 11.3 Å². The molecule has 0 aromatic carbocycles. The molecule has 1 atom stereocenters. The minimum atomic E-state index is 0.161. The van der Waals surface area contributed by atoms with E-state index in [0.717, 1.165) is 25.2 Å². The normalized spacial score (nSPS) is 20.5. The molecule has 5 heteroatoms. The third kappa shape index (κ3) is 2.54. The van der Waals surface area contributed by atoms with Crippen LogP contribution in [0.2, 0.25) is 0 Å². The van der Waals surface area contributed by atoms with Gasteiger partial charge < -0.3 is 10.2 Å². The van der Waals surface area contributed by atoms with E-state index >= 15 is 0 Å². The highest BCUT2D eigenvalue weighted by molar-refractivity contribution is 7.07. The van der Waals surface area contributed by atoms with Gasteiger partial charge in [0.05, 0.1) is 23.7 Å². The average molecular weight is 225 g/mol. The van der Waals surface area contributed by atoms with Crippen molar-refractivity contribution in [3.05, 3.63) is 16.6 Å². The standard InChI is InChI=1S/C10H15N3OS/c1-13(5-9-6-15-7-12-9)10(14)8-2-3-11-4-8/h6-8,11H,2-5H2,1H3. The van der Waals surface area contributed by atoms with Gasteiger partial charge in [-0.05, 0) is 13.0 Å². The smallest absolute Gasteiger partial charge is 0.227 e. The summed E-state index contributed by atoms with van der Waals surface area (Å²) in [4.78, 5) is 17.9. The second-order valence-corrected chi connectivity index (χ2v) is 4.58. The van der Waals surface area contributed by atoms with Crippen molar-refractivity contribution in [3.8, 4) is 0 Å². The summed E-state index contributed by atoms with van der Waals surface area (Å²) in [6.45, 7) is 2.40. The molecule has 1 aliphatic heterocycles. The van der Waals surface area contributed by atoms with Crippen molar-refractivity contribution < 1.29 is 4.79 Å². The second-order valence-electron chi connectivity index (χ2n) is 3.86. The maximum absolute atomic E-state index is 11.9. The Morgan fingerprint density at radius 3 is 3.27 bits per heavy atom. The van der Waals surface area contributed by atoms with Crippen molar-refractivity contribution in [1.29, 1.82) is 0 Å². The molecule has 1 unspecified atom stereocenters. The van der Waals surface area contributed by atoms with Crippen LogP contribution in [-0.4, -0.2) is 35.9 Å². The Balaban J connectivity index is 1.89. The van der Waals surface area contributed by atoms with E-state index in [9.17, 15) is 4.79 Å². The van der Waals surface area contributed by atoms with E-state index in [4.69, 9.17) is 0 Å². The van der Waals surface area contributed by atoms with E-state index in [1.807, 2.05) is 12.4 Å². The van der Waals surface area contributed by atoms with E-state index < -0.39 is 0 Å². The lowest BCUT2D eigenvalue weighted by Gasteiger charge is -2.19. The molecule has 0 spiro atoms. The first-order chi connectivity index (χ1) is 7.27. The second kappa shape index (κ2) is 4.72. The molecule has 0 saturated carbocycles. The number of carbonyl (C=O) groups excluding carboxylic acids is 1. The molecular formula is C10H15N3OS. The number of nitrogens with zero attached hydrogens (tertiary/aromatic N) is 2. The molecule has 4 nitrogen and oxygen atoms in total. The molecule has 0 bridgehead atoms. The first-order valence-electron chi connectivity index (χ1n) is 5.10. The van der Waals surface area contributed by atoms with Gasteiger partial charge >= 0.3 is 0 Å². The monoisotopic (exact) mass is 225 g/mol. The van der Waals surface area contributed by atoms with Crippen LogP contribution in [0, 0.1) is 5.92 Å². The fourth-order valence-corrected chi connectivity index (χ4v) is 2.36. The SMILES string of the molecule is CN(Cc1cscn1)C(=O)C1CCNC1. The van der Waals surface area contributed by atoms with Crippen LogP contribution in [0.4, 0.5) is 0 Å². The first-order valence-corrected chi connectivity index (χ1v) is 6.04. The maximum atomic E-state index is 11.9. The van der Waals surface area contributed by atoms with Gasteiger partial charge in [-0.2, -0.15) is 0 Å². The first kappa shape index (κ1) is 10.6. The fraction of sp³-hybridized carbons (Fsp3) is 0.600. The Kier molecular flexibility index (Phi) is 3.33. The minimum absolute atomic E-state index is 0.161. The van der Waals surface area contributed by atoms with Gasteiger partial charge in [-0.15, -0.1) is 11.3 Å². The third-order valence-electron chi connectivity index (χ3n) is 2.67. The summed E-state index contributed by atoms with van der Waals surface area (Å²) in [7, 11) is 1.85. The Morgan fingerprint density at radius 2 is 2.67 bits per heavy atom. The van der Waals surface area contributed by atoms with Crippen LogP contribution < -0.4 is 5.32 Å². The van der Waals surface area contributed by atoms with E-state index in [2.05, 4.69) is 10.3 Å². The van der Waals surface area contributed by atoms with Crippen molar-refractivity contribution in [1.82, 2.24) is 15.2 Å². The largest absolute Gasteiger partial charge is 0.340 e. The molecule has 1 aromatic heterocycles. The van der Waals surface area contributed by atoms with E-state index in [1.54, 1.807) is 21.7 Å². The van der Waals surface area contributed by atoms with Gasteiger partial charge in [0, 0.05) is 19.0 Å². The topological polar surface area (TPSA) is 45.2 Å². The van der Waals surface area contributed by atoms with Crippen LogP contribution in [0.3, 0.4) is 0 Å².